The topological polar surface area (TPSA) is 58.4 Å². The van der Waals surface area contributed by atoms with Crippen molar-refractivity contribution in [2.75, 3.05) is 31.1 Å². The lowest BCUT2D eigenvalue weighted by molar-refractivity contribution is 0.100. The van der Waals surface area contributed by atoms with E-state index in [1.54, 1.807) is 0 Å². The number of nitrogens with two attached hydrogens (primary N) is 1. The van der Waals surface area contributed by atoms with E-state index in [-0.39, 0.29) is 5.91 Å². The van der Waals surface area contributed by atoms with E-state index in [1.165, 1.54) is 5.56 Å². The molecule has 4 heteroatoms. The van der Waals surface area contributed by atoms with Gasteiger partial charge < -0.3 is 16.0 Å². The molecule has 2 heterocycles. The molecule has 96 valence electrons. The predicted molar refractivity (Wildman–Crippen MR) is 71.8 cm³/mol. The second-order valence-electron chi connectivity index (χ2n) is 5.47. The molecule has 2 aliphatic heterocycles. The number of anilines is 1. The minimum atomic E-state index is -0.333. The van der Waals surface area contributed by atoms with E-state index in [0.717, 1.165) is 31.9 Å². The molecule has 0 aromatic heterocycles. The number of rotatable bonds is 2. The zero-order valence-electron chi connectivity index (χ0n) is 10.6. The predicted octanol–water partition coefficient (Wildman–Crippen LogP) is 0.750. The zero-order valence-corrected chi connectivity index (χ0v) is 10.6. The first-order valence-electron chi connectivity index (χ1n) is 6.51. The fourth-order valence-corrected chi connectivity index (χ4v) is 3.16. The van der Waals surface area contributed by atoms with E-state index in [9.17, 15) is 4.79 Å². The summed E-state index contributed by atoms with van der Waals surface area (Å²) in [6, 6.07) is 5.87. The Bertz CT molecular complexity index is 474. The molecule has 0 bridgehead atoms. The Kier molecular flexibility index (Phi) is 2.74. The van der Waals surface area contributed by atoms with E-state index >= 15 is 0 Å². The van der Waals surface area contributed by atoms with Crippen LogP contribution in [0.25, 0.3) is 0 Å². The van der Waals surface area contributed by atoms with E-state index in [2.05, 4.69) is 16.3 Å². The number of aryl methyl sites for hydroxylation is 1. The number of primary amides is 1. The number of amides is 1. The largest absolute Gasteiger partial charge is 0.370 e. The highest BCUT2D eigenvalue weighted by atomic mass is 16.1. The summed E-state index contributed by atoms with van der Waals surface area (Å²) in [7, 11) is 0. The summed E-state index contributed by atoms with van der Waals surface area (Å²) in [6.07, 6.45) is 0. The van der Waals surface area contributed by atoms with Crippen LogP contribution in [0.2, 0.25) is 0 Å². The van der Waals surface area contributed by atoms with Crippen LogP contribution in [0.5, 0.6) is 0 Å². The van der Waals surface area contributed by atoms with Crippen molar-refractivity contribution < 1.29 is 4.79 Å². The number of hydrogen-bond donors (Lipinski definition) is 2. The van der Waals surface area contributed by atoms with E-state index in [1.807, 2.05) is 19.1 Å². The standard InChI is InChI=1S/C14H19N3O/c1-9-2-3-12(14(15)18)13(4-9)17-7-10-5-16-6-11(10)8-17/h2-4,10-11,16H,5-8H2,1H3,(H2,15,18). The molecular formula is C14H19N3O. The average Bonchev–Trinajstić information content (AvgIpc) is 2.88. The Hall–Kier alpha value is -1.55. The van der Waals surface area contributed by atoms with Crippen LogP contribution in [0.4, 0.5) is 5.69 Å². The lowest BCUT2D eigenvalue weighted by Gasteiger charge is -2.22. The molecule has 0 radical (unpaired) electrons. The van der Waals surface area contributed by atoms with Gasteiger partial charge in [-0.15, -0.1) is 0 Å². The molecule has 0 spiro atoms. The molecule has 2 aliphatic rings. The van der Waals surface area contributed by atoms with Crippen molar-refractivity contribution in [2.24, 2.45) is 17.6 Å². The van der Waals surface area contributed by atoms with Crippen molar-refractivity contribution in [1.29, 1.82) is 0 Å². The number of carbonyl (C=O) groups excluding carboxylic acids is 1. The molecule has 1 amide bonds. The Morgan fingerprint density at radius 2 is 2.00 bits per heavy atom. The molecule has 2 saturated heterocycles. The molecule has 3 N–H and O–H groups in total. The van der Waals surface area contributed by atoms with E-state index < -0.39 is 0 Å². The monoisotopic (exact) mass is 245 g/mol. The summed E-state index contributed by atoms with van der Waals surface area (Å²) < 4.78 is 0. The quantitative estimate of drug-likeness (QED) is 0.808. The molecular weight excluding hydrogens is 226 g/mol. The van der Waals surface area contributed by atoms with Crippen LogP contribution in [0, 0.1) is 18.8 Å². The Morgan fingerprint density at radius 3 is 2.61 bits per heavy atom. The van der Waals surface area contributed by atoms with Crippen LogP contribution in [0.1, 0.15) is 15.9 Å². The van der Waals surface area contributed by atoms with Crippen LogP contribution >= 0.6 is 0 Å². The van der Waals surface area contributed by atoms with Gasteiger partial charge in [0.15, 0.2) is 0 Å². The zero-order chi connectivity index (χ0) is 12.7. The molecule has 18 heavy (non-hydrogen) atoms. The van der Waals surface area contributed by atoms with Gasteiger partial charge >= 0.3 is 0 Å². The van der Waals surface area contributed by atoms with Gasteiger partial charge in [0, 0.05) is 31.9 Å². The Labute approximate surface area is 107 Å². The minimum Gasteiger partial charge on any atom is -0.370 e. The molecule has 4 nitrogen and oxygen atoms in total. The van der Waals surface area contributed by atoms with Crippen molar-refractivity contribution in [1.82, 2.24) is 5.32 Å². The molecule has 2 fully saturated rings. The Balaban J connectivity index is 1.92. The maximum Gasteiger partial charge on any atom is 0.250 e. The van der Waals surface area contributed by atoms with Crippen LogP contribution in [-0.2, 0) is 0 Å². The first kappa shape index (κ1) is 11.5. The number of fused-ring (bicyclic) bond motifs is 1. The summed E-state index contributed by atoms with van der Waals surface area (Å²) in [4.78, 5) is 13.8. The average molecular weight is 245 g/mol. The van der Waals surface area contributed by atoms with Gasteiger partial charge in [0.05, 0.1) is 5.56 Å². The highest BCUT2D eigenvalue weighted by molar-refractivity contribution is 5.98. The van der Waals surface area contributed by atoms with Crippen molar-refractivity contribution in [3.05, 3.63) is 29.3 Å². The van der Waals surface area contributed by atoms with Gasteiger partial charge in [-0.25, -0.2) is 0 Å². The smallest absolute Gasteiger partial charge is 0.250 e. The molecule has 0 aliphatic carbocycles. The van der Waals surface area contributed by atoms with Crippen molar-refractivity contribution in [3.8, 4) is 0 Å². The number of nitrogens with zero attached hydrogens (tertiary/aromatic N) is 1. The van der Waals surface area contributed by atoms with Crippen molar-refractivity contribution in [3.63, 3.8) is 0 Å². The van der Waals surface area contributed by atoms with Gasteiger partial charge in [-0.3, -0.25) is 4.79 Å². The first-order valence-corrected chi connectivity index (χ1v) is 6.51. The summed E-state index contributed by atoms with van der Waals surface area (Å²) in [5, 5.41) is 3.43. The highest BCUT2D eigenvalue weighted by Gasteiger charge is 2.36. The minimum absolute atomic E-state index is 0.333. The number of benzene rings is 1. The maximum atomic E-state index is 11.5. The van der Waals surface area contributed by atoms with Crippen molar-refractivity contribution >= 4 is 11.6 Å². The molecule has 3 rings (SSSR count). The molecule has 1 aromatic carbocycles. The SMILES string of the molecule is Cc1ccc(C(N)=O)c(N2CC3CNCC3C2)c1. The maximum absolute atomic E-state index is 11.5. The molecule has 0 saturated carbocycles. The third-order valence-electron chi connectivity index (χ3n) is 4.15. The number of nitrogens with one attached hydrogen (secondary N) is 1. The van der Waals surface area contributed by atoms with Crippen molar-refractivity contribution in [2.45, 2.75) is 6.92 Å². The normalized spacial score (nSPS) is 26.4. The van der Waals surface area contributed by atoms with E-state index in [0.29, 0.717) is 17.4 Å². The first-order chi connectivity index (χ1) is 8.65. The summed E-state index contributed by atoms with van der Waals surface area (Å²) in [5.41, 5.74) is 8.30. The van der Waals surface area contributed by atoms with Crippen LogP contribution in [-0.4, -0.2) is 32.1 Å². The van der Waals surface area contributed by atoms with Crippen LogP contribution in [0.15, 0.2) is 18.2 Å². The Morgan fingerprint density at radius 1 is 1.33 bits per heavy atom. The van der Waals surface area contributed by atoms with Gasteiger partial charge in [0.25, 0.3) is 5.91 Å². The van der Waals surface area contributed by atoms with Gasteiger partial charge in [-0.1, -0.05) is 6.07 Å². The third kappa shape index (κ3) is 1.86. The summed E-state index contributed by atoms with van der Waals surface area (Å²) >= 11 is 0. The molecule has 1 aromatic rings. The molecule has 2 atom stereocenters. The van der Waals surface area contributed by atoms with Crippen LogP contribution in [0.3, 0.4) is 0 Å². The number of hydrogen-bond acceptors (Lipinski definition) is 3. The summed E-state index contributed by atoms with van der Waals surface area (Å²) in [5.74, 6) is 1.10. The molecule has 2 unspecified atom stereocenters. The lowest BCUT2D eigenvalue weighted by atomic mass is 10.0. The van der Waals surface area contributed by atoms with Gasteiger partial charge in [0.2, 0.25) is 0 Å². The fourth-order valence-electron chi connectivity index (χ4n) is 3.16. The van der Waals surface area contributed by atoms with Gasteiger partial charge in [0.1, 0.15) is 0 Å². The second-order valence-corrected chi connectivity index (χ2v) is 5.47. The van der Waals surface area contributed by atoms with Gasteiger partial charge in [-0.2, -0.15) is 0 Å². The highest BCUT2D eigenvalue weighted by Crippen LogP contribution is 2.32. The second kappa shape index (κ2) is 4.28. The number of carbonyl (C=O) groups is 1. The fraction of sp³-hybridized carbons (Fsp3) is 0.500. The van der Waals surface area contributed by atoms with E-state index in [4.69, 9.17) is 5.73 Å². The van der Waals surface area contributed by atoms with Gasteiger partial charge in [-0.05, 0) is 36.5 Å². The lowest BCUT2D eigenvalue weighted by Crippen LogP contribution is -2.28. The third-order valence-corrected chi connectivity index (χ3v) is 4.15. The van der Waals surface area contributed by atoms with Crippen LogP contribution < -0.4 is 16.0 Å². The summed E-state index contributed by atoms with van der Waals surface area (Å²) in [6.45, 7) is 6.30.